The molecule has 0 heterocycles. The fraction of sp³-hybridized carbons (Fsp3) is 0.944. The van der Waals surface area contributed by atoms with E-state index in [1.807, 2.05) is 0 Å². The second kappa shape index (κ2) is 20.1. The second-order valence-electron chi connectivity index (χ2n) is 6.09. The van der Waals surface area contributed by atoms with Crippen molar-refractivity contribution in [2.24, 2.45) is 0 Å². The fourth-order valence-corrected chi connectivity index (χ4v) is 2.65. The van der Waals surface area contributed by atoms with E-state index in [0.29, 0.717) is 6.42 Å². The Hall–Kier alpha value is 0.0674. The van der Waals surface area contributed by atoms with Crippen molar-refractivity contribution < 1.29 is 9.90 Å². The van der Waals surface area contributed by atoms with E-state index in [0.717, 1.165) is 12.8 Å². The first-order chi connectivity index (χ1) is 9.77. The number of hydrogen-bond donors (Lipinski definition) is 1. The Balaban J connectivity index is 0. The van der Waals surface area contributed by atoms with Crippen molar-refractivity contribution >= 4 is 24.8 Å². The van der Waals surface area contributed by atoms with Crippen LogP contribution in [0.2, 0.25) is 0 Å². The van der Waals surface area contributed by atoms with Gasteiger partial charge in [-0.1, -0.05) is 96.8 Å². The van der Waals surface area contributed by atoms with Crippen molar-refractivity contribution in [1.82, 2.24) is 0 Å². The second-order valence-corrected chi connectivity index (χ2v) is 6.09. The van der Waals surface area contributed by atoms with Crippen LogP contribution in [0.3, 0.4) is 0 Å². The summed E-state index contributed by atoms with van der Waals surface area (Å²) >= 11 is 0. The average molecular weight is 291 g/mol. The molecule has 0 atom stereocenters. The van der Waals surface area contributed by atoms with E-state index in [4.69, 9.17) is 5.11 Å². The summed E-state index contributed by atoms with van der Waals surface area (Å²) in [6.45, 7) is 2.27. The largest absolute Gasteiger partial charge is 0.481 e. The molecule has 0 fully saturated rings. The van der Waals surface area contributed by atoms with Gasteiger partial charge >= 0.3 is 5.97 Å². The van der Waals surface area contributed by atoms with Crippen LogP contribution in [0.1, 0.15) is 110 Å². The first-order valence-corrected chi connectivity index (χ1v) is 8.99. The molecule has 0 rings (SSSR count). The quantitative estimate of drug-likeness (QED) is 0.282. The smallest absolute Gasteiger partial charge is 0.303 e. The van der Waals surface area contributed by atoms with Crippen LogP contribution in [0.15, 0.2) is 0 Å². The number of carboxylic acid groups (broad SMARTS) is 1. The van der Waals surface area contributed by atoms with Gasteiger partial charge in [0.05, 0.1) is 0 Å². The zero-order chi connectivity index (χ0) is 14.9. The molecular formula is C18H36LiO2. The molecule has 1 radical (unpaired) electrons. The van der Waals surface area contributed by atoms with E-state index >= 15 is 0 Å². The van der Waals surface area contributed by atoms with Gasteiger partial charge in [0.25, 0.3) is 0 Å². The summed E-state index contributed by atoms with van der Waals surface area (Å²) in [5.74, 6) is -0.653. The molecule has 0 aromatic heterocycles. The van der Waals surface area contributed by atoms with Gasteiger partial charge in [0.15, 0.2) is 0 Å². The van der Waals surface area contributed by atoms with Crippen LogP contribution < -0.4 is 0 Å². The number of carboxylic acids is 1. The van der Waals surface area contributed by atoms with Crippen molar-refractivity contribution in [3.63, 3.8) is 0 Å². The molecule has 0 aromatic carbocycles. The predicted molar refractivity (Wildman–Crippen MR) is 92.9 cm³/mol. The molecule has 0 saturated heterocycles. The van der Waals surface area contributed by atoms with Crippen LogP contribution in [-0.2, 0) is 4.79 Å². The molecule has 0 aliphatic rings. The SMILES string of the molecule is CCCCCCCCCCCCCCCCCC(=O)O.[Li]. The summed E-state index contributed by atoms with van der Waals surface area (Å²) in [6, 6.07) is 0. The maximum atomic E-state index is 10.3. The van der Waals surface area contributed by atoms with Crippen LogP contribution in [0, 0.1) is 0 Å². The Bertz CT molecular complexity index is 207. The third-order valence-corrected chi connectivity index (χ3v) is 3.99. The molecule has 0 spiro atoms. The fourth-order valence-electron chi connectivity index (χ4n) is 2.65. The third-order valence-electron chi connectivity index (χ3n) is 3.99. The third kappa shape index (κ3) is 22.5. The summed E-state index contributed by atoms with van der Waals surface area (Å²) < 4.78 is 0. The topological polar surface area (TPSA) is 37.3 Å². The van der Waals surface area contributed by atoms with Crippen molar-refractivity contribution in [3.8, 4) is 0 Å². The Morgan fingerprint density at radius 2 is 0.905 bits per heavy atom. The Morgan fingerprint density at radius 3 is 1.19 bits per heavy atom. The van der Waals surface area contributed by atoms with Gasteiger partial charge in [-0.25, -0.2) is 0 Å². The minimum absolute atomic E-state index is 0. The standard InChI is InChI=1S/C18H36O2.Li/c1-2-3-4-5-6-7-8-9-10-11-12-13-14-15-16-17-18(19)20;/h2-17H2,1H3,(H,19,20);. The van der Waals surface area contributed by atoms with Crippen molar-refractivity contribution in [1.29, 1.82) is 0 Å². The van der Waals surface area contributed by atoms with E-state index in [2.05, 4.69) is 6.92 Å². The predicted octanol–water partition coefficient (Wildman–Crippen LogP) is 5.95. The molecule has 2 nitrogen and oxygen atoms in total. The van der Waals surface area contributed by atoms with Crippen molar-refractivity contribution in [2.45, 2.75) is 110 Å². The number of carbonyl (C=O) groups is 1. The van der Waals surface area contributed by atoms with Gasteiger partial charge in [-0.05, 0) is 6.42 Å². The first kappa shape index (κ1) is 23.3. The van der Waals surface area contributed by atoms with E-state index in [9.17, 15) is 4.79 Å². The number of aliphatic carboxylic acids is 1. The molecule has 0 aliphatic carbocycles. The summed E-state index contributed by atoms with van der Waals surface area (Å²) in [5.41, 5.74) is 0. The molecule has 3 heteroatoms. The van der Waals surface area contributed by atoms with Gasteiger partial charge in [-0.2, -0.15) is 0 Å². The van der Waals surface area contributed by atoms with Crippen molar-refractivity contribution in [2.75, 3.05) is 0 Å². The van der Waals surface area contributed by atoms with Gasteiger partial charge in [0.2, 0.25) is 0 Å². The minimum atomic E-state index is -0.653. The number of hydrogen-bond acceptors (Lipinski definition) is 1. The summed E-state index contributed by atoms with van der Waals surface area (Å²) in [6.07, 6.45) is 20.2. The zero-order valence-corrected chi connectivity index (χ0v) is 14.7. The Labute approximate surface area is 144 Å². The molecule has 21 heavy (non-hydrogen) atoms. The van der Waals surface area contributed by atoms with Crippen LogP contribution >= 0.6 is 0 Å². The molecule has 0 saturated carbocycles. The summed E-state index contributed by atoms with van der Waals surface area (Å²) in [7, 11) is 0. The maximum absolute atomic E-state index is 10.3. The van der Waals surface area contributed by atoms with Gasteiger partial charge in [-0.3, -0.25) is 4.79 Å². The average Bonchev–Trinajstić information content (AvgIpc) is 2.43. The van der Waals surface area contributed by atoms with Crippen LogP contribution in [0.25, 0.3) is 0 Å². The molecule has 121 valence electrons. The maximum Gasteiger partial charge on any atom is 0.303 e. The zero-order valence-electron chi connectivity index (χ0n) is 14.7. The summed E-state index contributed by atoms with van der Waals surface area (Å²) in [4.78, 5) is 10.3. The Kier molecular flexibility index (Phi) is 22.3. The molecule has 0 amide bonds. The van der Waals surface area contributed by atoms with Gasteiger partial charge in [0, 0.05) is 25.3 Å². The normalized spacial score (nSPS) is 10.3. The number of rotatable bonds is 16. The molecule has 1 N–H and O–H groups in total. The van der Waals surface area contributed by atoms with Gasteiger partial charge < -0.3 is 5.11 Å². The van der Waals surface area contributed by atoms with Crippen LogP contribution in [0.4, 0.5) is 0 Å². The van der Waals surface area contributed by atoms with E-state index in [1.165, 1.54) is 83.5 Å². The molecule has 0 bridgehead atoms. The molecular weight excluding hydrogens is 255 g/mol. The van der Waals surface area contributed by atoms with Gasteiger partial charge in [-0.15, -0.1) is 0 Å². The minimum Gasteiger partial charge on any atom is -0.481 e. The summed E-state index contributed by atoms with van der Waals surface area (Å²) in [5, 5.41) is 8.52. The Morgan fingerprint density at radius 1 is 0.619 bits per heavy atom. The van der Waals surface area contributed by atoms with Gasteiger partial charge in [0.1, 0.15) is 0 Å². The van der Waals surface area contributed by atoms with E-state index in [1.54, 1.807) is 0 Å². The van der Waals surface area contributed by atoms with Crippen molar-refractivity contribution in [3.05, 3.63) is 0 Å². The van der Waals surface area contributed by atoms with Crippen LogP contribution in [-0.4, -0.2) is 29.9 Å². The number of unbranched alkanes of at least 4 members (excludes halogenated alkanes) is 14. The van der Waals surface area contributed by atoms with E-state index in [-0.39, 0.29) is 18.9 Å². The van der Waals surface area contributed by atoms with E-state index < -0.39 is 5.97 Å². The molecule has 0 aromatic rings. The van der Waals surface area contributed by atoms with Crippen LogP contribution in [0.5, 0.6) is 0 Å². The first-order valence-electron chi connectivity index (χ1n) is 8.99. The molecule has 0 aliphatic heterocycles. The molecule has 0 unspecified atom stereocenters. The monoisotopic (exact) mass is 291 g/mol.